The number of methoxy groups -OCH3 is 2. The number of nitrogens with two attached hydrogens (primary N) is 1. The maximum absolute atomic E-state index is 12.4. The van der Waals surface area contributed by atoms with E-state index < -0.39 is 82.9 Å². The van der Waals surface area contributed by atoms with Crippen LogP contribution < -0.4 is 15.2 Å². The second kappa shape index (κ2) is 18.6. The number of ether oxygens (including phenoxy) is 2. The summed E-state index contributed by atoms with van der Waals surface area (Å²) in [6, 6.07) is 15.6. The molecule has 0 saturated heterocycles. The Kier molecular flexibility index (Phi) is 13.7. The largest absolute Gasteiger partial charge is 0.505 e. The van der Waals surface area contributed by atoms with E-state index >= 15 is 0 Å². The molecule has 24 nitrogen and oxygen atoms in total. The van der Waals surface area contributed by atoms with E-state index in [1.165, 1.54) is 38.5 Å². The summed E-state index contributed by atoms with van der Waals surface area (Å²) in [6.07, 6.45) is 0. The summed E-state index contributed by atoms with van der Waals surface area (Å²) in [7, 11) is -16.9. The first-order valence-electron chi connectivity index (χ1n) is 18.5. The topological polar surface area (TPSA) is 381 Å². The van der Waals surface area contributed by atoms with Crippen LogP contribution in [0, 0.1) is 20.8 Å². The molecule has 28 heteroatoms. The number of nitrogens with zero attached hydrogens (tertiary/aromatic N) is 8. The number of benzene rings is 6. The molecule has 350 valence electrons. The van der Waals surface area contributed by atoms with Crippen LogP contribution in [0.1, 0.15) is 16.7 Å². The van der Waals surface area contributed by atoms with E-state index in [2.05, 4.69) is 40.9 Å². The lowest BCUT2D eigenvalue weighted by atomic mass is 10.1. The van der Waals surface area contributed by atoms with E-state index in [4.69, 9.17) is 15.2 Å². The van der Waals surface area contributed by atoms with Crippen LogP contribution in [-0.2, 0) is 40.5 Å². The molecule has 0 aliphatic carbocycles. The van der Waals surface area contributed by atoms with Gasteiger partial charge in [0.15, 0.2) is 5.75 Å². The number of aryl methyl sites for hydroxylation is 3. The molecular formula is C39H35N9O15S4. The molecule has 0 aromatic heterocycles. The quantitative estimate of drug-likeness (QED) is 0.0336. The minimum Gasteiger partial charge on any atom is -0.505 e. The predicted molar refractivity (Wildman–Crippen MR) is 239 cm³/mol. The first-order valence-corrected chi connectivity index (χ1v) is 24.2. The molecule has 0 radical (unpaired) electrons. The van der Waals surface area contributed by atoms with Gasteiger partial charge in [0.1, 0.15) is 48.9 Å². The van der Waals surface area contributed by atoms with Gasteiger partial charge in [-0.05, 0) is 110 Å². The van der Waals surface area contributed by atoms with Gasteiger partial charge in [-0.15, -0.1) is 20.5 Å². The average molecular weight is 998 g/mol. The molecule has 6 rings (SSSR count). The molecule has 0 aliphatic heterocycles. The highest BCUT2D eigenvalue weighted by atomic mass is 32.2. The number of nitrogen functional groups attached to an aromatic ring is 1. The number of aromatic hydroxyl groups is 1. The number of phenols is 1. The molecule has 0 amide bonds. The molecular weight excluding hydrogens is 963 g/mol. The third-order valence-corrected chi connectivity index (χ3v) is 13.0. The number of fused-ring (bicyclic) bond motifs is 1. The highest BCUT2D eigenvalue weighted by Gasteiger charge is 2.25. The van der Waals surface area contributed by atoms with E-state index in [-0.39, 0.29) is 39.3 Å². The van der Waals surface area contributed by atoms with E-state index in [0.29, 0.717) is 33.8 Å². The molecule has 0 fully saturated rings. The van der Waals surface area contributed by atoms with E-state index in [9.17, 15) is 57.0 Å². The van der Waals surface area contributed by atoms with Gasteiger partial charge < -0.3 is 20.3 Å². The highest BCUT2D eigenvalue weighted by Crippen LogP contribution is 2.46. The van der Waals surface area contributed by atoms with Crippen molar-refractivity contribution < 1.29 is 66.5 Å². The van der Waals surface area contributed by atoms with E-state index in [1.807, 2.05) is 0 Å². The molecule has 0 heterocycles. The normalized spacial score (nSPS) is 12.9. The molecule has 6 aromatic carbocycles. The van der Waals surface area contributed by atoms with Crippen LogP contribution in [0.4, 0.5) is 51.2 Å². The van der Waals surface area contributed by atoms with Crippen molar-refractivity contribution in [1.82, 2.24) is 0 Å². The van der Waals surface area contributed by atoms with Crippen molar-refractivity contribution in [3.8, 4) is 17.2 Å². The lowest BCUT2D eigenvalue weighted by Gasteiger charge is -2.12. The summed E-state index contributed by atoms with van der Waals surface area (Å²) >= 11 is 0. The van der Waals surface area contributed by atoms with Gasteiger partial charge in [0, 0.05) is 17.5 Å². The van der Waals surface area contributed by atoms with Crippen LogP contribution >= 0.6 is 0 Å². The van der Waals surface area contributed by atoms with Crippen molar-refractivity contribution in [2.24, 2.45) is 40.9 Å². The Bertz CT molecular complexity index is 3620. The van der Waals surface area contributed by atoms with Crippen LogP contribution in [0.2, 0.25) is 0 Å². The van der Waals surface area contributed by atoms with Gasteiger partial charge in [0.25, 0.3) is 40.5 Å². The van der Waals surface area contributed by atoms with Crippen LogP contribution in [0.25, 0.3) is 10.8 Å². The van der Waals surface area contributed by atoms with Crippen molar-refractivity contribution in [3.63, 3.8) is 0 Å². The first kappa shape index (κ1) is 49.3. The van der Waals surface area contributed by atoms with Gasteiger partial charge in [-0.25, -0.2) is 0 Å². The fourth-order valence-electron chi connectivity index (χ4n) is 6.13. The maximum atomic E-state index is 12.4. The number of hydrogen-bond donors (Lipinski definition) is 6. The molecule has 67 heavy (non-hydrogen) atoms. The van der Waals surface area contributed by atoms with Gasteiger partial charge in [-0.3, -0.25) is 18.2 Å². The SMILES string of the molecule is COc1cc(N=Nc2c(S(=O)(=O)O)cc3cc(S(=O)(=O)O)c(N)cc3c2O)c(OC)cc1N=Nc1cc(C)c(N=Nc2ccc(N=Nc3cc(S(=O)(=O)O)ccc3S(=O)(=O)O)cc2C)cc1C. The summed E-state index contributed by atoms with van der Waals surface area (Å²) < 4.78 is 145. The number of rotatable bonds is 14. The van der Waals surface area contributed by atoms with Crippen molar-refractivity contribution in [3.05, 3.63) is 95.6 Å². The van der Waals surface area contributed by atoms with Crippen LogP contribution in [-0.4, -0.2) is 71.2 Å². The minimum absolute atomic E-state index is 0.0287. The van der Waals surface area contributed by atoms with Gasteiger partial charge in [-0.2, -0.15) is 54.1 Å². The number of phenolic OH excluding ortho intramolecular Hbond substituents is 1. The van der Waals surface area contributed by atoms with Gasteiger partial charge in [0.05, 0.1) is 47.6 Å². The fraction of sp³-hybridized carbons (Fsp3) is 0.128. The van der Waals surface area contributed by atoms with Gasteiger partial charge in [-0.1, -0.05) is 0 Å². The summed E-state index contributed by atoms with van der Waals surface area (Å²) in [5.74, 6) is -0.726. The van der Waals surface area contributed by atoms with Crippen LogP contribution in [0.5, 0.6) is 17.2 Å². The van der Waals surface area contributed by atoms with Crippen LogP contribution in [0.3, 0.4) is 0 Å². The Hall–Kier alpha value is -7.18. The summed E-state index contributed by atoms with van der Waals surface area (Å²) in [5, 5.41) is 43.7. The Labute approximate surface area is 381 Å². The van der Waals surface area contributed by atoms with Crippen molar-refractivity contribution >= 4 is 102 Å². The third-order valence-electron chi connectivity index (χ3n) is 9.48. The lowest BCUT2D eigenvalue weighted by molar-refractivity contribution is 0.405. The summed E-state index contributed by atoms with van der Waals surface area (Å²) in [4.78, 5) is -3.13. The maximum Gasteiger partial charge on any atom is 0.296 e. The van der Waals surface area contributed by atoms with Crippen LogP contribution in [0.15, 0.2) is 139 Å². The standard InChI is InChI=1S/C39H35N9O15S4/c1-19-10-23(41-47-32-15-24(64(50,51)52)7-9-35(32)65(53,54)55)6-8-27(19)42-43-28-11-21(3)29(12-20(28)2)44-45-30-17-34(63-5)31(18-33(30)62-4)46-48-38-37(67(59,60)61)14-22-13-36(66(56,57)58)26(40)16-25(22)39(38)49/h6-18,49H,40H2,1-5H3,(H,50,51,52)(H,53,54,55)(H,56,57,58)(H,59,60,61). The summed E-state index contributed by atoms with van der Waals surface area (Å²) in [5.41, 5.74) is 7.49. The zero-order valence-electron chi connectivity index (χ0n) is 35.1. The highest BCUT2D eigenvalue weighted by molar-refractivity contribution is 7.86. The molecule has 0 spiro atoms. The Morgan fingerprint density at radius 1 is 0.463 bits per heavy atom. The number of anilines is 1. The molecule has 7 N–H and O–H groups in total. The predicted octanol–water partition coefficient (Wildman–Crippen LogP) is 9.72. The monoisotopic (exact) mass is 997 g/mol. The van der Waals surface area contributed by atoms with E-state index in [1.54, 1.807) is 39.0 Å². The zero-order chi connectivity index (χ0) is 49.4. The molecule has 0 bridgehead atoms. The molecule has 0 aliphatic rings. The number of azo groups is 4. The second-order valence-electron chi connectivity index (χ2n) is 14.1. The Balaban J connectivity index is 1.25. The first-order chi connectivity index (χ1) is 31.2. The summed E-state index contributed by atoms with van der Waals surface area (Å²) in [6.45, 7) is 5.20. The number of hydrogen-bond acceptors (Lipinski definition) is 20. The van der Waals surface area contributed by atoms with Crippen molar-refractivity contribution in [2.75, 3.05) is 20.0 Å². The molecule has 0 unspecified atom stereocenters. The Morgan fingerprint density at radius 3 is 1.45 bits per heavy atom. The molecule has 0 atom stereocenters. The third kappa shape index (κ3) is 11.1. The smallest absolute Gasteiger partial charge is 0.296 e. The van der Waals surface area contributed by atoms with E-state index in [0.717, 1.165) is 36.4 Å². The average Bonchev–Trinajstić information content (AvgIpc) is 3.23. The second-order valence-corrected chi connectivity index (χ2v) is 19.7. The fourth-order valence-corrected chi connectivity index (χ4v) is 8.52. The Morgan fingerprint density at radius 2 is 0.940 bits per heavy atom. The van der Waals surface area contributed by atoms with Gasteiger partial charge >= 0.3 is 0 Å². The zero-order valence-corrected chi connectivity index (χ0v) is 38.4. The van der Waals surface area contributed by atoms with Gasteiger partial charge in [0.2, 0.25) is 0 Å². The lowest BCUT2D eigenvalue weighted by Crippen LogP contribution is -2.04. The molecule has 0 saturated carbocycles. The minimum atomic E-state index is -5.12. The molecule has 6 aromatic rings. The van der Waals surface area contributed by atoms with Crippen molar-refractivity contribution in [2.45, 2.75) is 40.4 Å². The van der Waals surface area contributed by atoms with Crippen molar-refractivity contribution in [1.29, 1.82) is 0 Å².